The molecule has 1 fully saturated rings. The van der Waals surface area contributed by atoms with Gasteiger partial charge in [-0.25, -0.2) is 4.79 Å². The highest BCUT2D eigenvalue weighted by Crippen LogP contribution is 2.47. The molecule has 1 aliphatic carbocycles. The van der Waals surface area contributed by atoms with Gasteiger partial charge in [-0.3, -0.25) is 4.79 Å². The molecule has 2 rings (SSSR count). The van der Waals surface area contributed by atoms with E-state index in [2.05, 4.69) is 33.8 Å². The SMILES string of the molecule is COCOc1cc(C)c(C(=O)OC)c(OCOC)c1C/C=C(\C)CC[C@@]1(C)[C@H](C)CCC(=O)[C@@H]1C. The van der Waals surface area contributed by atoms with Crippen molar-refractivity contribution in [1.29, 1.82) is 0 Å². The third kappa shape index (κ3) is 6.85. The first-order chi connectivity index (χ1) is 16.6. The Morgan fingerprint density at radius 1 is 1.14 bits per heavy atom. The third-order valence-corrected chi connectivity index (χ3v) is 7.72. The number of ketones is 1. The number of aryl methyl sites for hydroxylation is 1. The minimum absolute atomic E-state index is 0.00812. The Hall–Kier alpha value is -2.38. The zero-order valence-electron chi connectivity index (χ0n) is 22.6. The number of carbonyl (C=O) groups is 2. The topological polar surface area (TPSA) is 80.3 Å². The average molecular weight is 491 g/mol. The number of ether oxygens (including phenoxy) is 5. The number of methoxy groups -OCH3 is 3. The van der Waals surface area contributed by atoms with Crippen LogP contribution in [0, 0.1) is 24.2 Å². The third-order valence-electron chi connectivity index (χ3n) is 7.72. The molecule has 0 bridgehead atoms. The van der Waals surface area contributed by atoms with E-state index in [1.54, 1.807) is 7.11 Å². The lowest BCUT2D eigenvalue weighted by atomic mass is 9.59. The molecule has 1 saturated carbocycles. The van der Waals surface area contributed by atoms with Crippen LogP contribution in [0.2, 0.25) is 0 Å². The van der Waals surface area contributed by atoms with Gasteiger partial charge in [-0.2, -0.15) is 0 Å². The van der Waals surface area contributed by atoms with Crippen LogP contribution in [0.3, 0.4) is 0 Å². The second kappa shape index (κ2) is 13.1. The van der Waals surface area contributed by atoms with E-state index in [-0.39, 0.29) is 24.9 Å². The zero-order valence-corrected chi connectivity index (χ0v) is 22.6. The van der Waals surface area contributed by atoms with Crippen molar-refractivity contribution in [2.24, 2.45) is 17.3 Å². The van der Waals surface area contributed by atoms with Crippen LogP contribution >= 0.6 is 0 Å². The average Bonchev–Trinajstić information content (AvgIpc) is 2.84. The summed E-state index contributed by atoms with van der Waals surface area (Å²) < 4.78 is 27.0. The van der Waals surface area contributed by atoms with E-state index in [1.807, 2.05) is 13.0 Å². The fraction of sp³-hybridized carbons (Fsp3) is 0.643. The minimum Gasteiger partial charge on any atom is -0.467 e. The van der Waals surface area contributed by atoms with Crippen molar-refractivity contribution in [3.8, 4) is 11.5 Å². The molecule has 196 valence electrons. The molecule has 0 unspecified atom stereocenters. The van der Waals surface area contributed by atoms with Gasteiger partial charge in [-0.1, -0.05) is 32.4 Å². The van der Waals surface area contributed by atoms with E-state index in [4.69, 9.17) is 23.7 Å². The molecule has 3 atom stereocenters. The fourth-order valence-electron chi connectivity index (χ4n) is 4.88. The highest BCUT2D eigenvalue weighted by molar-refractivity contribution is 5.95. The maximum Gasteiger partial charge on any atom is 0.341 e. The smallest absolute Gasteiger partial charge is 0.341 e. The highest BCUT2D eigenvalue weighted by atomic mass is 16.7. The van der Waals surface area contributed by atoms with E-state index in [0.717, 1.165) is 24.8 Å². The second-order valence-corrected chi connectivity index (χ2v) is 9.86. The molecule has 35 heavy (non-hydrogen) atoms. The lowest BCUT2D eigenvalue weighted by molar-refractivity contribution is -0.132. The number of Topliss-reactive ketones (excluding diaryl/α,β-unsaturated/α-hetero) is 1. The molecule has 0 radical (unpaired) electrons. The number of esters is 1. The number of allylic oxidation sites excluding steroid dienone is 2. The quantitative estimate of drug-likeness (QED) is 0.212. The lowest BCUT2D eigenvalue weighted by Crippen LogP contribution is -2.41. The minimum atomic E-state index is -0.480. The monoisotopic (exact) mass is 490 g/mol. The molecule has 1 aromatic carbocycles. The Bertz CT molecular complexity index is 920. The number of hydrogen-bond acceptors (Lipinski definition) is 7. The maximum atomic E-state index is 12.6. The first-order valence-corrected chi connectivity index (χ1v) is 12.3. The first kappa shape index (κ1) is 28.9. The van der Waals surface area contributed by atoms with E-state index in [9.17, 15) is 9.59 Å². The molecule has 1 aromatic rings. The molecule has 0 N–H and O–H groups in total. The van der Waals surface area contributed by atoms with Crippen LogP contribution in [0.4, 0.5) is 0 Å². The van der Waals surface area contributed by atoms with E-state index in [1.165, 1.54) is 19.8 Å². The summed E-state index contributed by atoms with van der Waals surface area (Å²) in [6, 6.07) is 1.81. The summed E-state index contributed by atoms with van der Waals surface area (Å²) in [6.45, 7) is 10.6. The molecular weight excluding hydrogens is 448 g/mol. The molecule has 0 aliphatic heterocycles. The Labute approximate surface area is 210 Å². The highest BCUT2D eigenvalue weighted by Gasteiger charge is 2.43. The van der Waals surface area contributed by atoms with Crippen LogP contribution in [0.1, 0.15) is 74.9 Å². The van der Waals surface area contributed by atoms with Crippen LogP contribution in [0.25, 0.3) is 0 Å². The van der Waals surface area contributed by atoms with Gasteiger partial charge in [0.15, 0.2) is 13.6 Å². The van der Waals surface area contributed by atoms with Crippen molar-refractivity contribution in [3.63, 3.8) is 0 Å². The van der Waals surface area contributed by atoms with Crippen LogP contribution in [-0.4, -0.2) is 46.7 Å². The number of hydrogen-bond donors (Lipinski definition) is 0. The fourth-order valence-corrected chi connectivity index (χ4v) is 4.88. The number of rotatable bonds is 12. The first-order valence-electron chi connectivity index (χ1n) is 12.3. The van der Waals surface area contributed by atoms with Crippen LogP contribution in [-0.2, 0) is 25.4 Å². The van der Waals surface area contributed by atoms with E-state index in [0.29, 0.717) is 47.2 Å². The van der Waals surface area contributed by atoms with Gasteiger partial charge in [0, 0.05) is 32.1 Å². The van der Waals surface area contributed by atoms with Gasteiger partial charge in [-0.05, 0) is 62.5 Å². The lowest BCUT2D eigenvalue weighted by Gasteiger charge is -2.44. The summed E-state index contributed by atoms with van der Waals surface area (Å²) in [7, 11) is 4.43. The standard InChI is InChI=1S/C28H42O7/c1-18(13-14-28(5)20(3)10-12-23(29)21(28)4)9-11-22-24(34-16-31-6)15-19(2)25(27(30)33-8)26(22)35-17-32-7/h9,15,20-21H,10-14,16-17H2,1-8H3/b18-9+/t20-,21+,28+/m1/s1. The Kier molecular flexibility index (Phi) is 10.8. The van der Waals surface area contributed by atoms with Gasteiger partial charge in [0.25, 0.3) is 0 Å². The summed E-state index contributed by atoms with van der Waals surface area (Å²) in [5.74, 6) is 1.45. The molecule has 0 saturated heterocycles. The molecule has 0 heterocycles. The summed E-state index contributed by atoms with van der Waals surface area (Å²) >= 11 is 0. The van der Waals surface area contributed by atoms with Crippen molar-refractivity contribution < 1.29 is 33.3 Å². The van der Waals surface area contributed by atoms with Gasteiger partial charge >= 0.3 is 5.97 Å². The Balaban J connectivity index is 2.36. The molecule has 0 aromatic heterocycles. The molecular formula is C28H42O7. The number of benzene rings is 1. The van der Waals surface area contributed by atoms with Gasteiger partial charge in [0.2, 0.25) is 0 Å². The van der Waals surface area contributed by atoms with Crippen molar-refractivity contribution in [1.82, 2.24) is 0 Å². The molecule has 1 aliphatic rings. The Morgan fingerprint density at radius 2 is 1.80 bits per heavy atom. The van der Waals surface area contributed by atoms with Crippen LogP contribution < -0.4 is 9.47 Å². The molecule has 7 heteroatoms. The van der Waals surface area contributed by atoms with Crippen molar-refractivity contribution in [3.05, 3.63) is 34.4 Å². The normalized spacial score (nSPS) is 22.7. The predicted molar refractivity (Wildman–Crippen MR) is 135 cm³/mol. The summed E-state index contributed by atoms with van der Waals surface area (Å²) in [4.78, 5) is 25.0. The van der Waals surface area contributed by atoms with E-state index < -0.39 is 5.97 Å². The summed E-state index contributed by atoms with van der Waals surface area (Å²) in [6.07, 6.45) is 6.12. The van der Waals surface area contributed by atoms with Gasteiger partial charge < -0.3 is 23.7 Å². The number of carbonyl (C=O) groups excluding carboxylic acids is 2. The Morgan fingerprint density at radius 3 is 2.43 bits per heavy atom. The van der Waals surface area contributed by atoms with Crippen molar-refractivity contribution in [2.75, 3.05) is 34.9 Å². The summed E-state index contributed by atoms with van der Waals surface area (Å²) in [5.41, 5.74) is 2.96. The molecule has 0 amide bonds. The van der Waals surface area contributed by atoms with Crippen LogP contribution in [0.15, 0.2) is 17.7 Å². The van der Waals surface area contributed by atoms with Crippen molar-refractivity contribution in [2.45, 2.75) is 66.7 Å². The van der Waals surface area contributed by atoms with Gasteiger partial charge in [-0.15, -0.1) is 0 Å². The molecule has 0 spiro atoms. The molecule has 7 nitrogen and oxygen atoms in total. The van der Waals surface area contributed by atoms with Gasteiger partial charge in [0.1, 0.15) is 22.8 Å². The maximum absolute atomic E-state index is 12.6. The van der Waals surface area contributed by atoms with E-state index >= 15 is 0 Å². The van der Waals surface area contributed by atoms with Gasteiger partial charge in [0.05, 0.1) is 7.11 Å². The van der Waals surface area contributed by atoms with Crippen LogP contribution in [0.5, 0.6) is 11.5 Å². The van der Waals surface area contributed by atoms with Crippen molar-refractivity contribution >= 4 is 11.8 Å². The predicted octanol–water partition coefficient (Wildman–Crippen LogP) is 5.66. The second-order valence-electron chi connectivity index (χ2n) is 9.86. The largest absolute Gasteiger partial charge is 0.467 e. The summed E-state index contributed by atoms with van der Waals surface area (Å²) in [5, 5.41) is 0. The zero-order chi connectivity index (χ0) is 26.2.